The zero-order valence-electron chi connectivity index (χ0n) is 11.3. The van der Waals surface area contributed by atoms with Gasteiger partial charge in [0.05, 0.1) is 11.8 Å². The van der Waals surface area contributed by atoms with E-state index >= 15 is 0 Å². The van der Waals surface area contributed by atoms with E-state index in [-0.39, 0.29) is 5.91 Å². The molecule has 0 spiro atoms. The van der Waals surface area contributed by atoms with Gasteiger partial charge in [0.2, 0.25) is 5.91 Å². The maximum Gasteiger partial charge on any atom is 0.307 e. The summed E-state index contributed by atoms with van der Waals surface area (Å²) < 4.78 is 1.92. The normalized spacial score (nSPS) is 26.3. The molecule has 1 aliphatic carbocycles. The fourth-order valence-corrected chi connectivity index (χ4v) is 2.84. The van der Waals surface area contributed by atoms with Crippen LogP contribution in [0.2, 0.25) is 0 Å². The first-order chi connectivity index (χ1) is 8.97. The molecule has 0 aliphatic heterocycles. The maximum absolute atomic E-state index is 12.1. The fraction of sp³-hybridized carbons (Fsp3) is 0.571. The molecule has 1 amide bonds. The van der Waals surface area contributed by atoms with Gasteiger partial charge in [-0.2, -0.15) is 0 Å². The van der Waals surface area contributed by atoms with Crippen LogP contribution in [0.3, 0.4) is 0 Å². The number of aliphatic carboxylic acids is 1. The van der Waals surface area contributed by atoms with Crippen LogP contribution in [0, 0.1) is 17.8 Å². The number of rotatable bonds is 4. The minimum atomic E-state index is -0.857. The van der Waals surface area contributed by atoms with Crippen molar-refractivity contribution < 1.29 is 14.7 Å². The van der Waals surface area contributed by atoms with Gasteiger partial charge in [-0.05, 0) is 30.4 Å². The Kier molecular flexibility index (Phi) is 3.93. The lowest BCUT2D eigenvalue weighted by Gasteiger charge is -2.15. The van der Waals surface area contributed by atoms with Crippen molar-refractivity contribution in [2.75, 3.05) is 0 Å². The minimum absolute atomic E-state index is 0.138. The van der Waals surface area contributed by atoms with Crippen LogP contribution >= 0.6 is 0 Å². The van der Waals surface area contributed by atoms with Gasteiger partial charge in [-0.1, -0.05) is 6.92 Å². The number of aryl methyl sites for hydroxylation is 1. The molecule has 3 atom stereocenters. The number of aromatic nitrogens is 1. The molecule has 1 unspecified atom stereocenters. The summed E-state index contributed by atoms with van der Waals surface area (Å²) in [5.74, 6) is -1.62. The monoisotopic (exact) mass is 264 g/mol. The number of nitrogens with zero attached hydrogens (tertiary/aromatic N) is 1. The summed E-state index contributed by atoms with van der Waals surface area (Å²) in [6.45, 7) is 2.46. The van der Waals surface area contributed by atoms with Crippen molar-refractivity contribution in [3.63, 3.8) is 0 Å². The Morgan fingerprint density at radius 3 is 2.68 bits per heavy atom. The van der Waals surface area contributed by atoms with E-state index in [0.29, 0.717) is 25.3 Å². The van der Waals surface area contributed by atoms with E-state index in [1.54, 1.807) is 0 Å². The lowest BCUT2D eigenvalue weighted by molar-refractivity contribution is -0.146. The summed E-state index contributed by atoms with van der Waals surface area (Å²) in [7, 11) is 1.92. The third-order valence-corrected chi connectivity index (χ3v) is 3.81. The van der Waals surface area contributed by atoms with Crippen molar-refractivity contribution in [3.8, 4) is 0 Å². The van der Waals surface area contributed by atoms with Gasteiger partial charge in [0, 0.05) is 26.0 Å². The second-order valence-electron chi connectivity index (χ2n) is 5.53. The second-order valence-corrected chi connectivity index (χ2v) is 5.53. The second kappa shape index (κ2) is 5.47. The maximum atomic E-state index is 12.1. The van der Waals surface area contributed by atoms with Crippen molar-refractivity contribution in [2.24, 2.45) is 24.8 Å². The SMILES string of the molecule is CC1C[C@H](C(=O)NCc2ccn(C)c2)[C@H](C(=O)O)C1. The van der Waals surface area contributed by atoms with Crippen LogP contribution in [-0.2, 0) is 23.2 Å². The Labute approximate surface area is 112 Å². The first-order valence-corrected chi connectivity index (χ1v) is 6.58. The first kappa shape index (κ1) is 13.6. The zero-order valence-corrected chi connectivity index (χ0v) is 11.3. The van der Waals surface area contributed by atoms with E-state index in [4.69, 9.17) is 5.11 Å². The van der Waals surface area contributed by atoms with E-state index in [1.807, 2.05) is 37.0 Å². The molecule has 0 bridgehead atoms. The van der Waals surface area contributed by atoms with Gasteiger partial charge < -0.3 is 15.0 Å². The number of carboxylic acids is 1. The van der Waals surface area contributed by atoms with Gasteiger partial charge in [-0.25, -0.2) is 0 Å². The quantitative estimate of drug-likeness (QED) is 0.863. The molecule has 5 nitrogen and oxygen atoms in total. The molecule has 1 saturated carbocycles. The average Bonchev–Trinajstić information content (AvgIpc) is 2.92. The fourth-order valence-electron chi connectivity index (χ4n) is 2.84. The lowest BCUT2D eigenvalue weighted by Crippen LogP contribution is -2.34. The molecule has 1 fully saturated rings. The molecular weight excluding hydrogens is 244 g/mol. The Bertz CT molecular complexity index is 481. The van der Waals surface area contributed by atoms with Crippen LogP contribution < -0.4 is 5.32 Å². The Morgan fingerprint density at radius 1 is 1.42 bits per heavy atom. The van der Waals surface area contributed by atoms with E-state index in [2.05, 4.69) is 5.32 Å². The van der Waals surface area contributed by atoms with E-state index in [9.17, 15) is 9.59 Å². The third-order valence-electron chi connectivity index (χ3n) is 3.81. The first-order valence-electron chi connectivity index (χ1n) is 6.58. The Hall–Kier alpha value is -1.78. The van der Waals surface area contributed by atoms with Gasteiger partial charge in [0.1, 0.15) is 0 Å². The number of carbonyl (C=O) groups excluding carboxylic acids is 1. The van der Waals surface area contributed by atoms with E-state index < -0.39 is 17.8 Å². The molecule has 0 aromatic carbocycles. The molecule has 0 radical (unpaired) electrons. The Morgan fingerprint density at radius 2 is 2.11 bits per heavy atom. The molecule has 0 saturated heterocycles. The van der Waals surface area contributed by atoms with Gasteiger partial charge in [0.15, 0.2) is 0 Å². The molecule has 5 heteroatoms. The highest BCUT2D eigenvalue weighted by atomic mass is 16.4. The predicted octanol–water partition coefficient (Wildman–Crippen LogP) is 1.39. The average molecular weight is 264 g/mol. The minimum Gasteiger partial charge on any atom is -0.481 e. The standard InChI is InChI=1S/C14H20N2O3/c1-9-5-11(12(6-9)14(18)19)13(17)15-7-10-3-4-16(2)8-10/h3-4,8-9,11-12H,5-7H2,1-2H3,(H,15,17)(H,18,19)/t9?,11-,12+/m0/s1. The van der Waals surface area contributed by atoms with E-state index in [0.717, 1.165) is 5.56 Å². The molecule has 2 rings (SSSR count). The van der Waals surface area contributed by atoms with Crippen LogP contribution in [-0.4, -0.2) is 21.6 Å². The topological polar surface area (TPSA) is 71.3 Å². The number of amides is 1. The number of nitrogens with one attached hydrogen (secondary N) is 1. The van der Waals surface area contributed by atoms with Crippen molar-refractivity contribution in [1.29, 1.82) is 0 Å². The molecule has 104 valence electrons. The molecule has 19 heavy (non-hydrogen) atoms. The number of carbonyl (C=O) groups is 2. The van der Waals surface area contributed by atoms with Crippen LogP contribution in [0.15, 0.2) is 18.5 Å². The zero-order chi connectivity index (χ0) is 14.0. The highest BCUT2D eigenvalue weighted by Crippen LogP contribution is 2.36. The van der Waals surface area contributed by atoms with Crippen LogP contribution in [0.25, 0.3) is 0 Å². The van der Waals surface area contributed by atoms with Gasteiger partial charge in [-0.15, -0.1) is 0 Å². The highest BCUT2D eigenvalue weighted by molar-refractivity contribution is 5.85. The smallest absolute Gasteiger partial charge is 0.307 e. The van der Waals surface area contributed by atoms with Gasteiger partial charge in [0.25, 0.3) is 0 Å². The van der Waals surface area contributed by atoms with Crippen LogP contribution in [0.5, 0.6) is 0 Å². The summed E-state index contributed by atoms with van der Waals surface area (Å²) in [4.78, 5) is 23.3. The highest BCUT2D eigenvalue weighted by Gasteiger charge is 2.40. The Balaban J connectivity index is 1.93. The van der Waals surface area contributed by atoms with Crippen LogP contribution in [0.1, 0.15) is 25.3 Å². The summed E-state index contributed by atoms with van der Waals surface area (Å²) in [5, 5.41) is 12.0. The van der Waals surface area contributed by atoms with Crippen molar-refractivity contribution in [1.82, 2.24) is 9.88 Å². The lowest BCUT2D eigenvalue weighted by atomic mass is 9.95. The largest absolute Gasteiger partial charge is 0.481 e. The molecule has 2 N–H and O–H groups in total. The van der Waals surface area contributed by atoms with E-state index in [1.165, 1.54) is 0 Å². The number of hydrogen-bond acceptors (Lipinski definition) is 2. The summed E-state index contributed by atoms with van der Waals surface area (Å²) >= 11 is 0. The van der Waals surface area contributed by atoms with Crippen molar-refractivity contribution in [2.45, 2.75) is 26.3 Å². The molecule has 1 heterocycles. The molecule has 1 aromatic heterocycles. The number of hydrogen-bond donors (Lipinski definition) is 2. The summed E-state index contributed by atoms with van der Waals surface area (Å²) in [6.07, 6.45) is 5.11. The third kappa shape index (κ3) is 3.16. The molecular formula is C14H20N2O3. The van der Waals surface area contributed by atoms with Crippen molar-refractivity contribution >= 4 is 11.9 Å². The van der Waals surface area contributed by atoms with Crippen LogP contribution in [0.4, 0.5) is 0 Å². The molecule has 1 aliphatic rings. The summed E-state index contributed by atoms with van der Waals surface area (Å²) in [5.41, 5.74) is 1.02. The van der Waals surface area contributed by atoms with Gasteiger partial charge >= 0.3 is 5.97 Å². The predicted molar refractivity (Wildman–Crippen MR) is 70.3 cm³/mol. The number of carboxylic acid groups (broad SMARTS) is 1. The molecule has 1 aromatic rings. The summed E-state index contributed by atoms with van der Waals surface area (Å²) in [6, 6.07) is 1.94. The van der Waals surface area contributed by atoms with Crippen molar-refractivity contribution in [3.05, 3.63) is 24.0 Å². The van der Waals surface area contributed by atoms with Gasteiger partial charge in [-0.3, -0.25) is 9.59 Å².